The minimum atomic E-state index is -1.01. The quantitative estimate of drug-likeness (QED) is 0.0903. The first-order chi connectivity index (χ1) is 18.9. The third-order valence-corrected chi connectivity index (χ3v) is 8.07. The van der Waals surface area contributed by atoms with Gasteiger partial charge >= 0.3 is 5.91 Å². The van der Waals surface area contributed by atoms with Crippen molar-refractivity contribution >= 4 is 45.7 Å². The number of thioether (sulfide) groups is 1. The number of anilines is 1. The van der Waals surface area contributed by atoms with Crippen molar-refractivity contribution in [2.45, 2.75) is 23.1 Å². The van der Waals surface area contributed by atoms with E-state index >= 15 is 0 Å². The number of amides is 1. The fraction of sp³-hybridized carbons (Fsp3) is 0.143. The molecule has 5 rings (SSSR count). The first-order valence-electron chi connectivity index (χ1n) is 11.9. The van der Waals surface area contributed by atoms with Crippen LogP contribution in [0.4, 0.5) is 13.9 Å². The van der Waals surface area contributed by atoms with Crippen LogP contribution >= 0.6 is 23.1 Å². The maximum Gasteiger partial charge on any atom is 0.301 e. The van der Waals surface area contributed by atoms with Gasteiger partial charge in [-0.25, -0.2) is 8.78 Å². The molecule has 3 aromatic carbocycles. The molecule has 0 radical (unpaired) electrons. The van der Waals surface area contributed by atoms with Crippen LogP contribution in [0.2, 0.25) is 0 Å². The lowest BCUT2D eigenvalue weighted by atomic mass is 9.95. The summed E-state index contributed by atoms with van der Waals surface area (Å²) in [4.78, 5) is 27.8. The van der Waals surface area contributed by atoms with Gasteiger partial charge in [0.05, 0.1) is 18.2 Å². The highest BCUT2D eigenvalue weighted by Crippen LogP contribution is 2.44. The Balaban J connectivity index is 1.52. The lowest BCUT2D eigenvalue weighted by molar-refractivity contribution is -0.132. The van der Waals surface area contributed by atoms with Gasteiger partial charge in [0.1, 0.15) is 23.1 Å². The smallest absolute Gasteiger partial charge is 0.301 e. The van der Waals surface area contributed by atoms with Crippen molar-refractivity contribution in [3.8, 4) is 5.75 Å². The lowest BCUT2D eigenvalue weighted by Crippen LogP contribution is -2.29. The number of aliphatic hydroxyl groups excluding tert-OH is 1. The Labute approximate surface area is 230 Å². The van der Waals surface area contributed by atoms with Gasteiger partial charge in [0.2, 0.25) is 5.13 Å². The average Bonchev–Trinajstić information content (AvgIpc) is 3.51. The summed E-state index contributed by atoms with van der Waals surface area (Å²) in [5.74, 6) is -1.92. The van der Waals surface area contributed by atoms with Gasteiger partial charge in [-0.3, -0.25) is 14.5 Å². The van der Waals surface area contributed by atoms with Crippen molar-refractivity contribution < 1.29 is 28.2 Å². The molecule has 0 spiro atoms. The van der Waals surface area contributed by atoms with E-state index in [0.717, 1.165) is 29.0 Å². The van der Waals surface area contributed by atoms with Crippen LogP contribution in [0.3, 0.4) is 0 Å². The molecule has 0 bridgehead atoms. The normalized spacial score (nSPS) is 16.6. The number of benzene rings is 3. The van der Waals surface area contributed by atoms with E-state index in [9.17, 15) is 23.5 Å². The van der Waals surface area contributed by atoms with E-state index in [1.54, 1.807) is 36.4 Å². The summed E-state index contributed by atoms with van der Waals surface area (Å²) < 4.78 is 32.8. The number of rotatable bonds is 8. The zero-order valence-electron chi connectivity index (χ0n) is 20.5. The predicted octanol–water partition coefficient (Wildman–Crippen LogP) is 6.13. The number of ketones is 1. The van der Waals surface area contributed by atoms with Gasteiger partial charge in [-0.05, 0) is 66.6 Å². The third kappa shape index (κ3) is 5.55. The molecular weight excluding hydrogens is 544 g/mol. The first-order valence-corrected chi connectivity index (χ1v) is 13.7. The molecule has 0 aliphatic carbocycles. The zero-order chi connectivity index (χ0) is 27.5. The molecule has 1 atom stereocenters. The number of carbonyl (C=O) groups is 2. The van der Waals surface area contributed by atoms with Crippen LogP contribution in [0.15, 0.2) is 82.7 Å². The molecule has 1 unspecified atom stereocenters. The van der Waals surface area contributed by atoms with Gasteiger partial charge in [0, 0.05) is 11.3 Å². The summed E-state index contributed by atoms with van der Waals surface area (Å²) in [5, 5.41) is 19.7. The molecule has 1 saturated heterocycles. The molecule has 2 heterocycles. The highest BCUT2D eigenvalue weighted by molar-refractivity contribution is 8.00. The Morgan fingerprint density at radius 2 is 1.62 bits per heavy atom. The van der Waals surface area contributed by atoms with Crippen LogP contribution in [-0.4, -0.2) is 33.6 Å². The molecule has 0 saturated carbocycles. The summed E-state index contributed by atoms with van der Waals surface area (Å²) in [5.41, 5.74) is 1.47. The number of hydrogen-bond acceptors (Lipinski definition) is 8. The van der Waals surface area contributed by atoms with Crippen LogP contribution in [0.5, 0.6) is 5.75 Å². The van der Waals surface area contributed by atoms with Gasteiger partial charge in [0.25, 0.3) is 5.78 Å². The largest absolute Gasteiger partial charge is 0.507 e. The zero-order valence-corrected chi connectivity index (χ0v) is 22.1. The van der Waals surface area contributed by atoms with Crippen molar-refractivity contribution in [3.05, 3.63) is 107 Å². The summed E-state index contributed by atoms with van der Waals surface area (Å²) in [7, 11) is 0. The molecular formula is C28H21F2N3O4S2. The Morgan fingerprint density at radius 1 is 0.974 bits per heavy atom. The van der Waals surface area contributed by atoms with Gasteiger partial charge in [-0.1, -0.05) is 47.4 Å². The first kappa shape index (κ1) is 26.5. The number of aliphatic hydroxyl groups is 1. The minimum absolute atomic E-state index is 0.147. The second-order valence-corrected chi connectivity index (χ2v) is 10.6. The number of carbonyl (C=O) groups excluding carboxylic acids is 2. The van der Waals surface area contributed by atoms with Crippen LogP contribution in [0.25, 0.3) is 5.76 Å². The van der Waals surface area contributed by atoms with Crippen molar-refractivity contribution in [2.75, 3.05) is 11.5 Å². The summed E-state index contributed by atoms with van der Waals surface area (Å²) in [6.45, 7) is 2.32. The maximum absolute atomic E-state index is 13.5. The number of halogens is 2. The molecule has 11 heteroatoms. The number of ether oxygens (including phenoxy) is 1. The van der Waals surface area contributed by atoms with Crippen LogP contribution in [-0.2, 0) is 15.3 Å². The van der Waals surface area contributed by atoms with E-state index in [-0.39, 0.29) is 22.1 Å². The van der Waals surface area contributed by atoms with Crippen LogP contribution in [0, 0.1) is 11.6 Å². The predicted molar refractivity (Wildman–Crippen MR) is 145 cm³/mol. The standard InChI is InChI=1S/C28H21F2N3O4S2/c1-2-37-21-13-7-17(8-14-21)23-22(24(34)18-5-11-20(30)12-6-18)25(35)26(36)33(23)27-31-32-28(39-27)38-15-16-3-9-19(29)10-4-16/h3-14,23,34H,2,15H2,1H3/b24-22-. The van der Waals surface area contributed by atoms with Crippen LogP contribution < -0.4 is 9.64 Å². The molecule has 7 nitrogen and oxygen atoms in total. The second-order valence-electron chi connectivity index (χ2n) is 8.44. The van der Waals surface area contributed by atoms with E-state index in [1.165, 1.54) is 40.9 Å². The van der Waals surface area contributed by atoms with Crippen molar-refractivity contribution in [3.63, 3.8) is 0 Å². The molecule has 1 amide bonds. The van der Waals surface area contributed by atoms with E-state index in [1.807, 2.05) is 6.92 Å². The SMILES string of the molecule is CCOc1ccc(C2/C(=C(/O)c3ccc(F)cc3)C(=O)C(=O)N2c2nnc(SCc3ccc(F)cc3)s2)cc1. The molecule has 1 aliphatic heterocycles. The Bertz CT molecular complexity index is 1540. The lowest BCUT2D eigenvalue weighted by Gasteiger charge is -2.22. The van der Waals surface area contributed by atoms with Crippen molar-refractivity contribution in [1.29, 1.82) is 0 Å². The number of nitrogens with zero attached hydrogens (tertiary/aromatic N) is 3. The van der Waals surface area contributed by atoms with Crippen molar-refractivity contribution in [2.24, 2.45) is 0 Å². The van der Waals surface area contributed by atoms with E-state index in [0.29, 0.717) is 28.0 Å². The van der Waals surface area contributed by atoms with Gasteiger partial charge < -0.3 is 9.84 Å². The van der Waals surface area contributed by atoms with E-state index in [4.69, 9.17) is 4.74 Å². The monoisotopic (exact) mass is 565 g/mol. The average molecular weight is 566 g/mol. The third-order valence-electron chi connectivity index (χ3n) is 5.95. The second kappa shape index (κ2) is 11.3. The Hall–Kier alpha value is -4.09. The van der Waals surface area contributed by atoms with E-state index < -0.39 is 29.3 Å². The van der Waals surface area contributed by atoms with Gasteiger partial charge in [-0.2, -0.15) is 0 Å². The van der Waals surface area contributed by atoms with Gasteiger partial charge in [-0.15, -0.1) is 10.2 Å². The van der Waals surface area contributed by atoms with Gasteiger partial charge in [0.15, 0.2) is 4.34 Å². The molecule has 198 valence electrons. The number of aromatic nitrogens is 2. The van der Waals surface area contributed by atoms with Crippen molar-refractivity contribution in [1.82, 2.24) is 10.2 Å². The number of hydrogen-bond donors (Lipinski definition) is 1. The molecule has 4 aromatic rings. The van der Waals surface area contributed by atoms with E-state index in [2.05, 4.69) is 10.2 Å². The fourth-order valence-electron chi connectivity index (χ4n) is 4.11. The summed E-state index contributed by atoms with van der Waals surface area (Å²) in [6.07, 6.45) is 0. The van der Waals surface area contributed by atoms with Crippen LogP contribution in [0.1, 0.15) is 29.7 Å². The number of Topliss-reactive ketones (excluding diaryl/α,β-unsaturated/α-hetero) is 1. The summed E-state index contributed by atoms with van der Waals surface area (Å²) >= 11 is 2.48. The topological polar surface area (TPSA) is 92.6 Å². The Kier molecular flexibility index (Phi) is 7.71. The molecule has 1 N–H and O–H groups in total. The summed E-state index contributed by atoms with van der Waals surface area (Å²) in [6, 6.07) is 16.9. The molecule has 1 aromatic heterocycles. The maximum atomic E-state index is 13.5. The Morgan fingerprint density at radius 3 is 2.26 bits per heavy atom. The highest BCUT2D eigenvalue weighted by atomic mass is 32.2. The fourth-order valence-corrected chi connectivity index (χ4v) is 5.93. The molecule has 39 heavy (non-hydrogen) atoms. The minimum Gasteiger partial charge on any atom is -0.507 e. The molecule has 1 fully saturated rings. The highest BCUT2D eigenvalue weighted by Gasteiger charge is 2.48. The molecule has 1 aliphatic rings.